The summed E-state index contributed by atoms with van der Waals surface area (Å²) in [6, 6.07) is 0. The van der Waals surface area contributed by atoms with Crippen LogP contribution in [0.25, 0.3) is 0 Å². The Labute approximate surface area is 69.5 Å². The van der Waals surface area contributed by atoms with Crippen molar-refractivity contribution in [2.45, 2.75) is 0 Å². The van der Waals surface area contributed by atoms with E-state index in [1.165, 1.54) is 0 Å². The summed E-state index contributed by atoms with van der Waals surface area (Å²) in [4.78, 5) is 18.4. The molecule has 0 aliphatic carbocycles. The molecule has 68 valence electrons. The number of hydrogen-bond acceptors (Lipinski definition) is 3. The molecular formula is C4H12O5P2. The summed E-state index contributed by atoms with van der Waals surface area (Å²) in [6.45, 7) is 3.83. The van der Waals surface area contributed by atoms with Gasteiger partial charge in [-0.3, -0.25) is 0 Å². The van der Waals surface area contributed by atoms with Crippen molar-refractivity contribution in [3.8, 4) is 0 Å². The zero-order chi connectivity index (χ0) is 9.86. The van der Waals surface area contributed by atoms with Gasteiger partial charge >= 0.3 is 12.3 Å². The number of carbonyl (C=O) groups is 2. The molecule has 0 saturated carbocycles. The fourth-order valence-corrected chi connectivity index (χ4v) is 0.0747. The molecule has 0 rings (SSSR count). The molecule has 0 aliphatic rings. The standard InChI is InChI=1S/C2H2O5.2CH5P/c3-1(4)7-2(5)6;2*1-2/h(H,3,4)(H,5,6);2*2H2,1H3. The Morgan fingerprint density at radius 1 is 1.00 bits per heavy atom. The number of ether oxygens (including phenoxy) is 1. The molecule has 5 nitrogen and oxygen atoms in total. The third kappa shape index (κ3) is 42.8. The van der Waals surface area contributed by atoms with Crippen molar-refractivity contribution in [1.82, 2.24) is 0 Å². The highest BCUT2D eigenvalue weighted by Gasteiger charge is 2.01. The van der Waals surface area contributed by atoms with Crippen LogP contribution in [0.2, 0.25) is 0 Å². The quantitative estimate of drug-likeness (QED) is 0.351. The molecule has 0 fully saturated rings. The van der Waals surface area contributed by atoms with Crippen LogP contribution in [0.3, 0.4) is 0 Å². The highest BCUT2D eigenvalue weighted by atomic mass is 31.0. The van der Waals surface area contributed by atoms with Crippen LogP contribution in [-0.4, -0.2) is 35.9 Å². The Hall–Kier alpha value is -0.400. The SMILES string of the molecule is CP.CP.O=C(O)OC(=O)O. The molecule has 2 atom stereocenters. The van der Waals surface area contributed by atoms with Crippen LogP contribution in [0.4, 0.5) is 9.59 Å². The van der Waals surface area contributed by atoms with Crippen molar-refractivity contribution in [2.24, 2.45) is 0 Å². The highest BCUT2D eigenvalue weighted by molar-refractivity contribution is 7.15. The average Bonchev–Trinajstić information content (AvgIpc) is 1.93. The van der Waals surface area contributed by atoms with E-state index in [2.05, 4.69) is 23.2 Å². The maximum atomic E-state index is 9.21. The van der Waals surface area contributed by atoms with Crippen LogP contribution >= 0.6 is 18.5 Å². The zero-order valence-electron chi connectivity index (χ0n) is 6.27. The summed E-state index contributed by atoms with van der Waals surface area (Å²) in [5.74, 6) is 0. The molecule has 0 bridgehead atoms. The molecule has 0 saturated heterocycles. The van der Waals surface area contributed by atoms with Crippen molar-refractivity contribution in [3.05, 3.63) is 0 Å². The van der Waals surface area contributed by atoms with Gasteiger partial charge in [0.1, 0.15) is 0 Å². The second-order valence-corrected chi connectivity index (χ2v) is 0.634. The van der Waals surface area contributed by atoms with E-state index in [0.717, 1.165) is 0 Å². The van der Waals surface area contributed by atoms with Crippen molar-refractivity contribution in [1.29, 1.82) is 0 Å². The van der Waals surface area contributed by atoms with Gasteiger partial charge in [0.05, 0.1) is 0 Å². The Morgan fingerprint density at radius 2 is 1.18 bits per heavy atom. The second-order valence-electron chi connectivity index (χ2n) is 0.634. The molecule has 0 amide bonds. The van der Waals surface area contributed by atoms with Crippen LogP contribution < -0.4 is 0 Å². The zero-order valence-corrected chi connectivity index (χ0v) is 8.58. The highest BCUT2D eigenvalue weighted by Crippen LogP contribution is 1.73. The molecule has 0 aromatic carbocycles. The molecule has 7 heteroatoms. The molecule has 0 aromatic heterocycles. The number of hydrogen-bond donors (Lipinski definition) is 2. The van der Waals surface area contributed by atoms with Crippen molar-refractivity contribution < 1.29 is 24.5 Å². The van der Waals surface area contributed by atoms with Gasteiger partial charge < -0.3 is 14.9 Å². The van der Waals surface area contributed by atoms with E-state index in [1.807, 2.05) is 13.3 Å². The lowest BCUT2D eigenvalue weighted by atomic mass is 11.3. The smallest absolute Gasteiger partial charge is 0.449 e. The first-order chi connectivity index (χ1) is 5.13. The van der Waals surface area contributed by atoms with Gasteiger partial charge in [0.2, 0.25) is 0 Å². The average molecular weight is 202 g/mol. The number of rotatable bonds is 0. The minimum Gasteiger partial charge on any atom is -0.449 e. The van der Waals surface area contributed by atoms with Gasteiger partial charge in [-0.2, -0.15) is 0 Å². The monoisotopic (exact) mass is 202 g/mol. The summed E-state index contributed by atoms with van der Waals surface area (Å²) in [5.41, 5.74) is 0. The third-order valence-electron chi connectivity index (χ3n) is 0.175. The lowest BCUT2D eigenvalue weighted by Crippen LogP contribution is -2.05. The van der Waals surface area contributed by atoms with E-state index in [1.54, 1.807) is 0 Å². The van der Waals surface area contributed by atoms with E-state index in [0.29, 0.717) is 0 Å². The maximum Gasteiger partial charge on any atom is 0.516 e. The first-order valence-corrected chi connectivity index (χ1v) is 4.73. The van der Waals surface area contributed by atoms with Crippen LogP contribution in [0.15, 0.2) is 0 Å². The lowest BCUT2D eigenvalue weighted by Gasteiger charge is -1.84. The minimum absolute atomic E-state index is 1.81. The van der Waals surface area contributed by atoms with Gasteiger partial charge in [0.25, 0.3) is 0 Å². The molecule has 0 aromatic rings. The van der Waals surface area contributed by atoms with Gasteiger partial charge in [-0.15, -0.1) is 18.5 Å². The Kier molecular flexibility index (Phi) is 25.1. The predicted molar refractivity (Wildman–Crippen MR) is 48.4 cm³/mol. The molecular weight excluding hydrogens is 190 g/mol. The summed E-state index contributed by atoms with van der Waals surface area (Å²) in [5, 5.41) is 15.0. The lowest BCUT2D eigenvalue weighted by molar-refractivity contribution is 0.0802. The summed E-state index contributed by atoms with van der Waals surface area (Å²) in [6.07, 6.45) is -3.62. The van der Waals surface area contributed by atoms with Gasteiger partial charge in [-0.05, 0) is 0 Å². The van der Waals surface area contributed by atoms with Crippen LogP contribution in [0.5, 0.6) is 0 Å². The van der Waals surface area contributed by atoms with E-state index in [-0.39, 0.29) is 0 Å². The van der Waals surface area contributed by atoms with Gasteiger partial charge in [0.15, 0.2) is 0 Å². The van der Waals surface area contributed by atoms with Crippen LogP contribution in [0.1, 0.15) is 0 Å². The molecule has 2 unspecified atom stereocenters. The molecule has 0 radical (unpaired) electrons. The fourth-order valence-electron chi connectivity index (χ4n) is 0.0747. The van der Waals surface area contributed by atoms with E-state index < -0.39 is 12.3 Å². The van der Waals surface area contributed by atoms with Gasteiger partial charge in [-0.25, -0.2) is 9.59 Å². The maximum absolute atomic E-state index is 9.21. The van der Waals surface area contributed by atoms with Crippen molar-refractivity contribution in [3.63, 3.8) is 0 Å². The summed E-state index contributed by atoms with van der Waals surface area (Å²) < 4.78 is 3.08. The van der Waals surface area contributed by atoms with Gasteiger partial charge in [0, 0.05) is 0 Å². The second kappa shape index (κ2) is 16.3. The van der Waals surface area contributed by atoms with E-state index >= 15 is 0 Å². The fraction of sp³-hybridized carbons (Fsp3) is 0.500. The molecule has 2 N–H and O–H groups in total. The van der Waals surface area contributed by atoms with Crippen molar-refractivity contribution in [2.75, 3.05) is 13.3 Å². The minimum atomic E-state index is -1.81. The first kappa shape index (κ1) is 16.9. The normalized spacial score (nSPS) is 5.82. The largest absolute Gasteiger partial charge is 0.516 e. The Bertz CT molecular complexity index is 92.7. The molecule has 0 heterocycles. The Balaban J connectivity index is -0.000000138. The Morgan fingerprint density at radius 3 is 1.18 bits per heavy atom. The van der Waals surface area contributed by atoms with Crippen LogP contribution in [-0.2, 0) is 4.74 Å². The first-order valence-electron chi connectivity index (χ1n) is 2.42. The van der Waals surface area contributed by atoms with E-state index in [4.69, 9.17) is 10.2 Å². The topological polar surface area (TPSA) is 83.8 Å². The molecule has 0 aliphatic heterocycles. The number of carboxylic acid groups (broad SMARTS) is 2. The molecule has 0 spiro atoms. The van der Waals surface area contributed by atoms with Crippen molar-refractivity contribution >= 4 is 30.8 Å². The van der Waals surface area contributed by atoms with E-state index in [9.17, 15) is 9.59 Å². The third-order valence-corrected chi connectivity index (χ3v) is 0.175. The van der Waals surface area contributed by atoms with Crippen LogP contribution in [0, 0.1) is 0 Å². The van der Waals surface area contributed by atoms with Gasteiger partial charge in [-0.1, -0.05) is 13.3 Å². The predicted octanol–water partition coefficient (Wildman–Crippen LogP) is 1.34. The summed E-state index contributed by atoms with van der Waals surface area (Å²) >= 11 is 0. The molecule has 11 heavy (non-hydrogen) atoms. The summed E-state index contributed by atoms with van der Waals surface area (Å²) in [7, 11) is 4.83.